The largest absolute Gasteiger partial charge is 0.495 e. The second-order valence-electron chi connectivity index (χ2n) is 4.44. The molecule has 0 atom stereocenters. The third-order valence-corrected chi connectivity index (χ3v) is 4.12. The highest BCUT2D eigenvalue weighted by molar-refractivity contribution is 7.89. The molecule has 0 saturated carbocycles. The topological polar surface area (TPSA) is 122 Å². The maximum Gasteiger partial charge on any atom is 0.303 e. The lowest BCUT2D eigenvalue weighted by molar-refractivity contribution is -0.137. The number of hydrogen-bond acceptors (Lipinski definition) is 5. The number of anilines is 1. The van der Waals surface area contributed by atoms with Crippen LogP contribution in [0.25, 0.3) is 0 Å². The van der Waals surface area contributed by atoms with Crippen LogP contribution in [0.5, 0.6) is 5.75 Å². The summed E-state index contributed by atoms with van der Waals surface area (Å²) in [6.45, 7) is 1.30. The Bertz CT molecular complexity index is 656. The quantitative estimate of drug-likeness (QED) is 0.606. The van der Waals surface area contributed by atoms with Crippen LogP contribution in [0, 0.1) is 0 Å². The molecule has 0 aliphatic rings. The summed E-state index contributed by atoms with van der Waals surface area (Å²) >= 11 is 0. The van der Waals surface area contributed by atoms with E-state index in [4.69, 9.17) is 9.84 Å². The average Bonchev–Trinajstić information content (AvgIpc) is 2.43. The Morgan fingerprint density at radius 1 is 1.32 bits per heavy atom. The van der Waals surface area contributed by atoms with Crippen molar-refractivity contribution in [3.63, 3.8) is 0 Å². The van der Waals surface area contributed by atoms with E-state index in [1.165, 1.54) is 32.2 Å². The number of rotatable bonds is 8. The van der Waals surface area contributed by atoms with Crippen LogP contribution in [-0.2, 0) is 19.6 Å². The number of carboxylic acids is 1. The van der Waals surface area contributed by atoms with Crippen molar-refractivity contribution < 1.29 is 27.9 Å². The Hall–Kier alpha value is -2.13. The van der Waals surface area contributed by atoms with Gasteiger partial charge in [-0.1, -0.05) is 0 Å². The predicted octanol–water partition coefficient (Wildman–Crippen LogP) is 0.797. The van der Waals surface area contributed by atoms with Gasteiger partial charge in [0.05, 0.1) is 7.11 Å². The van der Waals surface area contributed by atoms with Gasteiger partial charge in [0.1, 0.15) is 10.6 Å². The summed E-state index contributed by atoms with van der Waals surface area (Å²) in [6.07, 6.45) is 0.0356. The normalized spacial score (nSPS) is 11.0. The lowest BCUT2D eigenvalue weighted by atomic mass is 10.3. The molecule has 9 heteroatoms. The first-order valence-corrected chi connectivity index (χ1v) is 7.91. The summed E-state index contributed by atoms with van der Waals surface area (Å²) in [4.78, 5) is 21.3. The summed E-state index contributed by atoms with van der Waals surface area (Å²) < 4.78 is 31.8. The summed E-state index contributed by atoms with van der Waals surface area (Å²) in [6, 6.07) is 4.22. The Morgan fingerprint density at radius 2 is 2.00 bits per heavy atom. The van der Waals surface area contributed by atoms with Gasteiger partial charge in [-0.25, -0.2) is 13.1 Å². The fraction of sp³-hybridized carbons (Fsp3) is 0.385. The van der Waals surface area contributed by atoms with Crippen molar-refractivity contribution in [2.45, 2.75) is 24.7 Å². The zero-order valence-corrected chi connectivity index (χ0v) is 13.1. The van der Waals surface area contributed by atoms with Gasteiger partial charge < -0.3 is 15.2 Å². The lowest BCUT2D eigenvalue weighted by Gasteiger charge is -2.12. The number of carboxylic acid groups (broad SMARTS) is 1. The Kier molecular flexibility index (Phi) is 6.32. The standard InChI is InChI=1S/C13H18N2O6S/c1-9(16)15-10-5-6-11(21-2)12(8-10)22(19,20)14-7-3-4-13(17)18/h5-6,8,14H,3-4,7H2,1-2H3,(H,15,16)(H,17,18). The number of ether oxygens (including phenoxy) is 1. The maximum absolute atomic E-state index is 12.2. The molecule has 0 fully saturated rings. The molecule has 0 bridgehead atoms. The molecule has 0 saturated heterocycles. The molecule has 1 aromatic rings. The fourth-order valence-electron chi connectivity index (χ4n) is 1.69. The van der Waals surface area contributed by atoms with Crippen LogP contribution in [0.3, 0.4) is 0 Å². The van der Waals surface area contributed by atoms with E-state index in [0.717, 1.165) is 0 Å². The van der Waals surface area contributed by atoms with E-state index >= 15 is 0 Å². The minimum Gasteiger partial charge on any atom is -0.495 e. The molecular weight excluding hydrogens is 312 g/mol. The highest BCUT2D eigenvalue weighted by Gasteiger charge is 2.20. The molecule has 0 aliphatic carbocycles. The van der Waals surface area contributed by atoms with Crippen molar-refractivity contribution in [2.75, 3.05) is 19.0 Å². The minimum atomic E-state index is -3.88. The van der Waals surface area contributed by atoms with E-state index in [0.29, 0.717) is 5.69 Å². The van der Waals surface area contributed by atoms with Crippen molar-refractivity contribution in [2.24, 2.45) is 0 Å². The first-order valence-electron chi connectivity index (χ1n) is 6.43. The summed E-state index contributed by atoms with van der Waals surface area (Å²) in [7, 11) is -2.55. The number of benzene rings is 1. The third kappa shape index (κ3) is 5.34. The first-order chi connectivity index (χ1) is 10.3. The zero-order chi connectivity index (χ0) is 16.8. The van der Waals surface area contributed by atoms with Crippen LogP contribution in [0.15, 0.2) is 23.1 Å². The smallest absolute Gasteiger partial charge is 0.303 e. The van der Waals surface area contributed by atoms with Gasteiger partial charge in [-0.05, 0) is 24.6 Å². The van der Waals surface area contributed by atoms with Gasteiger partial charge in [0.25, 0.3) is 0 Å². The number of hydrogen-bond donors (Lipinski definition) is 3. The van der Waals surface area contributed by atoms with Gasteiger partial charge in [0.2, 0.25) is 15.9 Å². The molecule has 122 valence electrons. The van der Waals surface area contributed by atoms with Crippen LogP contribution >= 0.6 is 0 Å². The van der Waals surface area contributed by atoms with Crippen molar-refractivity contribution in [3.8, 4) is 5.75 Å². The third-order valence-electron chi connectivity index (χ3n) is 2.63. The molecule has 1 rings (SSSR count). The van der Waals surface area contributed by atoms with Gasteiger partial charge in [-0.3, -0.25) is 9.59 Å². The molecule has 0 unspecified atom stereocenters. The predicted molar refractivity (Wildman–Crippen MR) is 79.4 cm³/mol. The van der Waals surface area contributed by atoms with E-state index in [1.807, 2.05) is 0 Å². The zero-order valence-electron chi connectivity index (χ0n) is 12.3. The SMILES string of the molecule is COc1ccc(NC(C)=O)cc1S(=O)(=O)NCCCC(=O)O. The Balaban J connectivity index is 2.95. The first kappa shape index (κ1) is 17.9. The molecule has 0 aromatic heterocycles. The molecule has 22 heavy (non-hydrogen) atoms. The number of aliphatic carboxylic acids is 1. The molecule has 0 spiro atoms. The van der Waals surface area contributed by atoms with E-state index < -0.39 is 16.0 Å². The van der Waals surface area contributed by atoms with E-state index in [2.05, 4.69) is 10.0 Å². The van der Waals surface area contributed by atoms with Crippen molar-refractivity contribution in [1.82, 2.24) is 4.72 Å². The second kappa shape index (κ2) is 7.76. The molecule has 1 amide bonds. The van der Waals surface area contributed by atoms with Crippen LogP contribution in [-0.4, -0.2) is 39.1 Å². The van der Waals surface area contributed by atoms with Crippen LogP contribution in [0.4, 0.5) is 5.69 Å². The van der Waals surface area contributed by atoms with Crippen molar-refractivity contribution in [1.29, 1.82) is 0 Å². The van der Waals surface area contributed by atoms with Gasteiger partial charge in [-0.15, -0.1) is 0 Å². The number of methoxy groups -OCH3 is 1. The number of sulfonamides is 1. The summed E-state index contributed by atoms with van der Waals surface area (Å²) in [5.74, 6) is -1.20. The highest BCUT2D eigenvalue weighted by atomic mass is 32.2. The highest BCUT2D eigenvalue weighted by Crippen LogP contribution is 2.27. The van der Waals surface area contributed by atoms with E-state index in [9.17, 15) is 18.0 Å². The maximum atomic E-state index is 12.2. The molecule has 0 aliphatic heterocycles. The molecule has 0 heterocycles. The number of amides is 1. The molecule has 8 nitrogen and oxygen atoms in total. The number of carbonyl (C=O) groups excluding carboxylic acids is 1. The molecule has 0 radical (unpaired) electrons. The van der Waals surface area contributed by atoms with Crippen LogP contribution in [0.1, 0.15) is 19.8 Å². The Labute approximate surface area is 128 Å². The minimum absolute atomic E-state index is 0.0118. The van der Waals surface area contributed by atoms with Gasteiger partial charge in [0.15, 0.2) is 0 Å². The molecule has 3 N–H and O–H groups in total. The fourth-order valence-corrected chi connectivity index (χ4v) is 2.96. The van der Waals surface area contributed by atoms with Crippen LogP contribution in [0.2, 0.25) is 0 Å². The van der Waals surface area contributed by atoms with Gasteiger partial charge in [-0.2, -0.15) is 0 Å². The molecular formula is C13H18N2O6S. The Morgan fingerprint density at radius 3 is 2.55 bits per heavy atom. The summed E-state index contributed by atoms with van der Waals surface area (Å²) in [5, 5.41) is 11.0. The second-order valence-corrected chi connectivity index (χ2v) is 6.18. The van der Waals surface area contributed by atoms with Crippen molar-refractivity contribution in [3.05, 3.63) is 18.2 Å². The number of carbonyl (C=O) groups is 2. The summed E-state index contributed by atoms with van der Waals surface area (Å²) in [5.41, 5.74) is 0.319. The van der Waals surface area contributed by atoms with Gasteiger partial charge >= 0.3 is 5.97 Å². The van der Waals surface area contributed by atoms with E-state index in [-0.39, 0.29) is 35.9 Å². The molecule has 1 aromatic carbocycles. The van der Waals surface area contributed by atoms with Crippen molar-refractivity contribution >= 4 is 27.6 Å². The number of nitrogens with one attached hydrogen (secondary N) is 2. The monoisotopic (exact) mass is 330 g/mol. The van der Waals surface area contributed by atoms with E-state index in [1.54, 1.807) is 0 Å². The van der Waals surface area contributed by atoms with Gasteiger partial charge in [0, 0.05) is 25.6 Å². The lowest BCUT2D eigenvalue weighted by Crippen LogP contribution is -2.26. The van der Waals surface area contributed by atoms with Crippen LogP contribution < -0.4 is 14.8 Å². The average molecular weight is 330 g/mol.